The van der Waals surface area contributed by atoms with Crippen LogP contribution in [0.3, 0.4) is 0 Å². The Morgan fingerprint density at radius 2 is 1.79 bits per heavy atom. The third kappa shape index (κ3) is 4.38. The topological polar surface area (TPSA) is 55.7 Å². The summed E-state index contributed by atoms with van der Waals surface area (Å²) in [6.45, 7) is 12.4. The van der Waals surface area contributed by atoms with E-state index in [4.69, 9.17) is 9.97 Å². The minimum atomic E-state index is 0.224. The lowest BCUT2D eigenvalue weighted by atomic mass is 9.94. The largest absolute Gasteiger partial charge is 0.395 e. The van der Waals surface area contributed by atoms with E-state index in [1.807, 2.05) is 0 Å². The Balaban J connectivity index is 1.66. The number of nitrogens with zero attached hydrogens (tertiary/aromatic N) is 5. The molecule has 2 aliphatic heterocycles. The molecule has 0 amide bonds. The molecular weight excluding hydrogens is 362 g/mol. The van der Waals surface area contributed by atoms with Gasteiger partial charge in [0, 0.05) is 56.9 Å². The number of fused-ring (bicyclic) bond motifs is 1. The highest BCUT2D eigenvalue weighted by Gasteiger charge is 2.26. The molecule has 0 bridgehead atoms. The van der Waals surface area contributed by atoms with Crippen LogP contribution in [0.1, 0.15) is 38.1 Å². The van der Waals surface area contributed by atoms with Crippen LogP contribution in [-0.4, -0.2) is 65.8 Å². The van der Waals surface area contributed by atoms with Crippen molar-refractivity contribution in [3.63, 3.8) is 0 Å². The fourth-order valence-electron chi connectivity index (χ4n) is 4.35. The zero-order chi connectivity index (χ0) is 20.4. The molecule has 1 aromatic carbocycles. The maximum atomic E-state index is 9.20. The third-order valence-electron chi connectivity index (χ3n) is 5.97. The minimum absolute atomic E-state index is 0.224. The first-order valence-electron chi connectivity index (χ1n) is 10.9. The highest BCUT2D eigenvalue weighted by atomic mass is 16.3. The number of para-hydroxylation sites is 1. The molecule has 0 radical (unpaired) electrons. The molecule has 0 spiro atoms. The van der Waals surface area contributed by atoms with Gasteiger partial charge in [-0.05, 0) is 24.0 Å². The van der Waals surface area contributed by atoms with Gasteiger partial charge in [0.15, 0.2) is 0 Å². The monoisotopic (exact) mass is 395 g/mol. The van der Waals surface area contributed by atoms with Crippen LogP contribution in [0.5, 0.6) is 0 Å². The van der Waals surface area contributed by atoms with E-state index in [1.165, 1.54) is 11.3 Å². The Bertz CT molecular complexity index is 832. The average Bonchev–Trinajstić information content (AvgIpc) is 2.73. The maximum Gasteiger partial charge on any atom is 0.138 e. The molecule has 156 valence electrons. The fourth-order valence-corrected chi connectivity index (χ4v) is 4.35. The van der Waals surface area contributed by atoms with Gasteiger partial charge in [-0.15, -0.1) is 0 Å². The lowest BCUT2D eigenvalue weighted by Crippen LogP contribution is -2.47. The number of benzene rings is 1. The number of aliphatic hydroxyl groups excluding tert-OH is 1. The summed E-state index contributed by atoms with van der Waals surface area (Å²) in [6, 6.07) is 10.9. The molecule has 3 heterocycles. The van der Waals surface area contributed by atoms with Crippen LogP contribution in [0.15, 0.2) is 30.3 Å². The van der Waals surface area contributed by atoms with Gasteiger partial charge in [0.1, 0.15) is 17.5 Å². The molecule has 1 fully saturated rings. The SMILES string of the molecule is CC1Cc2ccccc2N(c2cc(N3CCN(CCO)CC3)nc(C(C)C)n2)C1. The average molecular weight is 396 g/mol. The Kier molecular flexibility index (Phi) is 6.01. The van der Waals surface area contributed by atoms with Crippen molar-refractivity contribution >= 4 is 17.3 Å². The van der Waals surface area contributed by atoms with Gasteiger partial charge in [-0.3, -0.25) is 4.90 Å². The summed E-state index contributed by atoms with van der Waals surface area (Å²) in [6.07, 6.45) is 1.12. The van der Waals surface area contributed by atoms with Gasteiger partial charge in [0.25, 0.3) is 0 Å². The van der Waals surface area contributed by atoms with Gasteiger partial charge >= 0.3 is 0 Å². The second-order valence-corrected chi connectivity index (χ2v) is 8.70. The summed E-state index contributed by atoms with van der Waals surface area (Å²) in [5.74, 6) is 3.81. The first kappa shape index (κ1) is 20.1. The number of aliphatic hydroxyl groups is 1. The van der Waals surface area contributed by atoms with E-state index in [1.54, 1.807) is 0 Å². The quantitative estimate of drug-likeness (QED) is 0.840. The number of hydrogen-bond acceptors (Lipinski definition) is 6. The van der Waals surface area contributed by atoms with Crippen LogP contribution in [0.4, 0.5) is 17.3 Å². The summed E-state index contributed by atoms with van der Waals surface area (Å²) in [7, 11) is 0. The van der Waals surface area contributed by atoms with Crippen molar-refractivity contribution in [2.24, 2.45) is 5.92 Å². The lowest BCUT2D eigenvalue weighted by molar-refractivity contribution is 0.188. The molecule has 4 rings (SSSR count). The van der Waals surface area contributed by atoms with E-state index in [9.17, 15) is 5.11 Å². The summed E-state index contributed by atoms with van der Waals surface area (Å²) in [5.41, 5.74) is 2.67. The van der Waals surface area contributed by atoms with Crippen LogP contribution >= 0.6 is 0 Å². The molecular formula is C23H33N5O. The summed E-state index contributed by atoms with van der Waals surface area (Å²) >= 11 is 0. The second kappa shape index (κ2) is 8.67. The molecule has 6 heteroatoms. The Labute approximate surface area is 174 Å². The van der Waals surface area contributed by atoms with Crippen LogP contribution in [0.2, 0.25) is 0 Å². The van der Waals surface area contributed by atoms with Gasteiger partial charge < -0.3 is 14.9 Å². The first-order chi connectivity index (χ1) is 14.0. The maximum absolute atomic E-state index is 9.20. The molecule has 2 aromatic rings. The van der Waals surface area contributed by atoms with E-state index >= 15 is 0 Å². The van der Waals surface area contributed by atoms with E-state index in [-0.39, 0.29) is 12.5 Å². The van der Waals surface area contributed by atoms with Crippen molar-refractivity contribution < 1.29 is 5.11 Å². The lowest BCUT2D eigenvalue weighted by Gasteiger charge is -2.37. The molecule has 1 aromatic heterocycles. The molecule has 29 heavy (non-hydrogen) atoms. The molecule has 6 nitrogen and oxygen atoms in total. The second-order valence-electron chi connectivity index (χ2n) is 8.70. The third-order valence-corrected chi connectivity index (χ3v) is 5.97. The van der Waals surface area contributed by atoms with Crippen molar-refractivity contribution in [1.82, 2.24) is 14.9 Å². The molecule has 1 atom stereocenters. The molecule has 1 N–H and O–H groups in total. The Morgan fingerprint density at radius 3 is 2.52 bits per heavy atom. The minimum Gasteiger partial charge on any atom is -0.395 e. The molecule has 1 unspecified atom stereocenters. The van der Waals surface area contributed by atoms with Crippen molar-refractivity contribution in [3.8, 4) is 0 Å². The predicted molar refractivity (Wildman–Crippen MR) is 118 cm³/mol. The highest BCUT2D eigenvalue weighted by Crippen LogP contribution is 2.36. The van der Waals surface area contributed by atoms with E-state index in [2.05, 4.69) is 65.8 Å². The molecule has 2 aliphatic rings. The van der Waals surface area contributed by atoms with E-state index < -0.39 is 0 Å². The summed E-state index contributed by atoms with van der Waals surface area (Å²) < 4.78 is 0. The van der Waals surface area contributed by atoms with Crippen LogP contribution in [0, 0.1) is 5.92 Å². The number of rotatable bonds is 5. The predicted octanol–water partition coefficient (Wildman–Crippen LogP) is 3.04. The van der Waals surface area contributed by atoms with Crippen molar-refractivity contribution in [2.45, 2.75) is 33.1 Å². The molecule has 0 saturated carbocycles. The first-order valence-corrected chi connectivity index (χ1v) is 10.9. The highest BCUT2D eigenvalue weighted by molar-refractivity contribution is 5.67. The Hall–Kier alpha value is -2.18. The Morgan fingerprint density at radius 1 is 1.07 bits per heavy atom. The number of anilines is 3. The van der Waals surface area contributed by atoms with Crippen LogP contribution in [-0.2, 0) is 6.42 Å². The zero-order valence-electron chi connectivity index (χ0n) is 17.9. The normalized spacial score (nSPS) is 20.2. The van der Waals surface area contributed by atoms with Gasteiger partial charge in [-0.2, -0.15) is 0 Å². The molecule has 1 saturated heterocycles. The van der Waals surface area contributed by atoms with Crippen molar-refractivity contribution in [3.05, 3.63) is 41.7 Å². The smallest absolute Gasteiger partial charge is 0.138 e. The van der Waals surface area contributed by atoms with E-state index in [0.29, 0.717) is 5.92 Å². The fraction of sp³-hybridized carbons (Fsp3) is 0.565. The van der Waals surface area contributed by atoms with Gasteiger partial charge in [0.2, 0.25) is 0 Å². The zero-order valence-corrected chi connectivity index (χ0v) is 17.9. The van der Waals surface area contributed by atoms with Crippen molar-refractivity contribution in [1.29, 1.82) is 0 Å². The van der Waals surface area contributed by atoms with Gasteiger partial charge in [-0.25, -0.2) is 9.97 Å². The number of β-amino-alcohol motifs (C(OH)–C–C–N with tert-alkyl or cyclic N) is 1. The standard InChI is InChI=1S/C23H33N5O/c1-17(2)23-24-21(27-10-8-26(9-11-27)12-13-29)15-22(25-23)28-16-18(3)14-19-6-4-5-7-20(19)28/h4-7,15,17-18,29H,8-14,16H2,1-3H3. The van der Waals surface area contributed by atoms with Gasteiger partial charge in [-0.1, -0.05) is 39.0 Å². The number of aromatic nitrogens is 2. The number of piperazine rings is 1. The summed E-state index contributed by atoms with van der Waals surface area (Å²) in [5, 5.41) is 9.20. The number of hydrogen-bond donors (Lipinski definition) is 1. The molecule has 0 aliphatic carbocycles. The van der Waals surface area contributed by atoms with Crippen LogP contribution in [0.25, 0.3) is 0 Å². The van der Waals surface area contributed by atoms with Crippen molar-refractivity contribution in [2.75, 3.05) is 55.7 Å². The summed E-state index contributed by atoms with van der Waals surface area (Å²) in [4.78, 5) is 16.9. The van der Waals surface area contributed by atoms with E-state index in [0.717, 1.165) is 63.1 Å². The van der Waals surface area contributed by atoms with Crippen LogP contribution < -0.4 is 9.80 Å². The van der Waals surface area contributed by atoms with Gasteiger partial charge in [0.05, 0.1) is 6.61 Å².